The van der Waals surface area contributed by atoms with Gasteiger partial charge >= 0.3 is 0 Å². The molecule has 0 radical (unpaired) electrons. The second-order valence-electron chi connectivity index (χ2n) is 5.83. The van der Waals surface area contributed by atoms with Gasteiger partial charge in [-0.25, -0.2) is 0 Å². The molecule has 1 aliphatic carbocycles. The summed E-state index contributed by atoms with van der Waals surface area (Å²) in [6.45, 7) is 7.42. The van der Waals surface area contributed by atoms with E-state index in [4.69, 9.17) is 0 Å². The molecule has 0 saturated heterocycles. The molecule has 0 unspecified atom stereocenters. The summed E-state index contributed by atoms with van der Waals surface area (Å²) < 4.78 is 0. The van der Waals surface area contributed by atoms with Gasteiger partial charge in [0, 0.05) is 31.9 Å². The lowest BCUT2D eigenvalue weighted by Crippen LogP contribution is -2.22. The first-order chi connectivity index (χ1) is 8.63. The second-order valence-corrected chi connectivity index (χ2v) is 5.83. The molecular weight excluding hydrogens is 222 g/mol. The van der Waals surface area contributed by atoms with Crippen LogP contribution in [-0.4, -0.2) is 29.5 Å². The van der Waals surface area contributed by atoms with E-state index in [0.29, 0.717) is 6.04 Å². The molecule has 3 heteroatoms. The van der Waals surface area contributed by atoms with E-state index in [1.54, 1.807) is 0 Å². The third kappa shape index (κ3) is 4.75. The van der Waals surface area contributed by atoms with Gasteiger partial charge in [-0.15, -0.1) is 0 Å². The molecule has 0 aromatic carbocycles. The lowest BCUT2D eigenvalue weighted by atomic mass is 10.2. The molecule has 1 saturated carbocycles. The van der Waals surface area contributed by atoms with E-state index in [9.17, 15) is 0 Å². The van der Waals surface area contributed by atoms with Gasteiger partial charge in [0.2, 0.25) is 0 Å². The molecule has 1 fully saturated rings. The van der Waals surface area contributed by atoms with Crippen molar-refractivity contribution in [2.75, 3.05) is 13.6 Å². The van der Waals surface area contributed by atoms with Gasteiger partial charge in [0.15, 0.2) is 0 Å². The first-order valence-electron chi connectivity index (χ1n) is 6.99. The van der Waals surface area contributed by atoms with Gasteiger partial charge in [0.05, 0.1) is 5.69 Å². The average molecular weight is 247 g/mol. The molecule has 1 aliphatic rings. The zero-order chi connectivity index (χ0) is 13.0. The van der Waals surface area contributed by atoms with E-state index < -0.39 is 0 Å². The molecule has 1 aromatic rings. The highest BCUT2D eigenvalue weighted by Crippen LogP contribution is 2.29. The van der Waals surface area contributed by atoms with Gasteiger partial charge in [0.25, 0.3) is 0 Å². The molecule has 1 aromatic heterocycles. The predicted molar refractivity (Wildman–Crippen MR) is 75.3 cm³/mol. The Labute approximate surface area is 111 Å². The molecule has 0 aliphatic heterocycles. The molecule has 100 valence electrons. The molecule has 0 spiro atoms. The Balaban J connectivity index is 1.78. The number of nitrogens with zero attached hydrogens (tertiary/aromatic N) is 2. The number of pyridine rings is 1. The minimum absolute atomic E-state index is 0.523. The summed E-state index contributed by atoms with van der Waals surface area (Å²) in [7, 11) is 2.19. The van der Waals surface area contributed by atoms with E-state index in [2.05, 4.69) is 48.2 Å². The lowest BCUT2D eigenvalue weighted by Gasteiger charge is -2.15. The highest BCUT2D eigenvalue weighted by atomic mass is 15.1. The lowest BCUT2D eigenvalue weighted by molar-refractivity contribution is 0.309. The maximum Gasteiger partial charge on any atom is 0.0544 e. The third-order valence-electron chi connectivity index (χ3n) is 3.30. The third-order valence-corrected chi connectivity index (χ3v) is 3.30. The first-order valence-corrected chi connectivity index (χ1v) is 6.99. The molecule has 1 heterocycles. The van der Waals surface area contributed by atoms with Crippen LogP contribution in [0, 0.1) is 5.92 Å². The topological polar surface area (TPSA) is 28.2 Å². The van der Waals surface area contributed by atoms with Crippen LogP contribution in [-0.2, 0) is 13.1 Å². The predicted octanol–water partition coefficient (Wildman–Crippen LogP) is 2.42. The fourth-order valence-corrected chi connectivity index (χ4v) is 2.06. The molecule has 3 nitrogen and oxygen atoms in total. The molecule has 0 bridgehead atoms. The summed E-state index contributed by atoms with van der Waals surface area (Å²) in [6, 6.07) is 4.86. The average Bonchev–Trinajstić information content (AvgIpc) is 3.12. The van der Waals surface area contributed by atoms with Crippen LogP contribution < -0.4 is 5.32 Å². The van der Waals surface area contributed by atoms with Crippen molar-refractivity contribution < 1.29 is 0 Å². The van der Waals surface area contributed by atoms with Gasteiger partial charge < -0.3 is 10.2 Å². The standard InChI is InChI=1S/C15H25N3/c1-12(2)16-8-14-6-7-15(17-9-14)11-18(3)10-13-4-5-13/h6-7,9,12-13,16H,4-5,8,10-11H2,1-3H3. The van der Waals surface area contributed by atoms with E-state index in [1.165, 1.54) is 30.6 Å². The Morgan fingerprint density at radius 1 is 1.39 bits per heavy atom. The summed E-state index contributed by atoms with van der Waals surface area (Å²) in [5.74, 6) is 0.949. The van der Waals surface area contributed by atoms with E-state index in [-0.39, 0.29) is 0 Å². The van der Waals surface area contributed by atoms with Crippen molar-refractivity contribution in [2.45, 2.75) is 45.8 Å². The Morgan fingerprint density at radius 2 is 2.17 bits per heavy atom. The highest BCUT2D eigenvalue weighted by Gasteiger charge is 2.22. The second kappa shape index (κ2) is 6.30. The maximum atomic E-state index is 4.54. The SMILES string of the molecule is CC(C)NCc1ccc(CN(C)CC2CC2)nc1. The van der Waals surface area contributed by atoms with Crippen molar-refractivity contribution in [2.24, 2.45) is 5.92 Å². The van der Waals surface area contributed by atoms with Crippen LogP contribution in [0.4, 0.5) is 0 Å². The quantitative estimate of drug-likeness (QED) is 0.802. The van der Waals surface area contributed by atoms with Crippen LogP contribution >= 0.6 is 0 Å². The maximum absolute atomic E-state index is 4.54. The minimum atomic E-state index is 0.523. The van der Waals surface area contributed by atoms with Crippen molar-refractivity contribution in [3.63, 3.8) is 0 Å². The van der Waals surface area contributed by atoms with Crippen molar-refractivity contribution in [3.05, 3.63) is 29.6 Å². The minimum Gasteiger partial charge on any atom is -0.310 e. The van der Waals surface area contributed by atoms with Gasteiger partial charge in [-0.05, 0) is 37.4 Å². The van der Waals surface area contributed by atoms with Crippen LogP contribution in [0.15, 0.2) is 18.3 Å². The zero-order valence-electron chi connectivity index (χ0n) is 11.8. The van der Waals surface area contributed by atoms with E-state index in [0.717, 1.165) is 19.0 Å². The Bertz CT molecular complexity index is 355. The van der Waals surface area contributed by atoms with Crippen LogP contribution in [0.5, 0.6) is 0 Å². The van der Waals surface area contributed by atoms with E-state index >= 15 is 0 Å². The molecule has 0 atom stereocenters. The first kappa shape index (κ1) is 13.5. The van der Waals surface area contributed by atoms with Crippen molar-refractivity contribution in [3.8, 4) is 0 Å². The monoisotopic (exact) mass is 247 g/mol. The van der Waals surface area contributed by atoms with E-state index in [1.807, 2.05) is 6.20 Å². The largest absolute Gasteiger partial charge is 0.310 e. The smallest absolute Gasteiger partial charge is 0.0544 e. The van der Waals surface area contributed by atoms with Crippen molar-refractivity contribution in [1.82, 2.24) is 15.2 Å². The summed E-state index contributed by atoms with van der Waals surface area (Å²) >= 11 is 0. The summed E-state index contributed by atoms with van der Waals surface area (Å²) in [5.41, 5.74) is 2.43. The Kier molecular flexibility index (Phi) is 4.72. The van der Waals surface area contributed by atoms with Crippen LogP contribution in [0.3, 0.4) is 0 Å². The van der Waals surface area contributed by atoms with Crippen LogP contribution in [0.2, 0.25) is 0 Å². The van der Waals surface area contributed by atoms with Gasteiger partial charge in [-0.2, -0.15) is 0 Å². The number of nitrogens with one attached hydrogen (secondary N) is 1. The molecule has 2 rings (SSSR count). The number of hydrogen-bond donors (Lipinski definition) is 1. The van der Waals surface area contributed by atoms with Gasteiger partial charge in [0.1, 0.15) is 0 Å². The van der Waals surface area contributed by atoms with Crippen LogP contribution in [0.25, 0.3) is 0 Å². The van der Waals surface area contributed by atoms with Crippen LogP contribution in [0.1, 0.15) is 37.9 Å². The molecular formula is C15H25N3. The summed E-state index contributed by atoms with van der Waals surface area (Å²) in [5, 5.41) is 3.41. The number of hydrogen-bond acceptors (Lipinski definition) is 3. The van der Waals surface area contributed by atoms with Gasteiger partial charge in [-0.3, -0.25) is 4.98 Å². The van der Waals surface area contributed by atoms with Crippen molar-refractivity contribution >= 4 is 0 Å². The fraction of sp³-hybridized carbons (Fsp3) is 0.667. The zero-order valence-corrected chi connectivity index (χ0v) is 11.8. The molecule has 1 N–H and O–H groups in total. The number of aromatic nitrogens is 1. The Morgan fingerprint density at radius 3 is 2.72 bits per heavy atom. The molecule has 0 amide bonds. The fourth-order valence-electron chi connectivity index (χ4n) is 2.06. The highest BCUT2D eigenvalue weighted by molar-refractivity contribution is 5.14. The van der Waals surface area contributed by atoms with Crippen molar-refractivity contribution in [1.29, 1.82) is 0 Å². The number of rotatable bonds is 7. The Hall–Kier alpha value is -0.930. The summed E-state index contributed by atoms with van der Waals surface area (Å²) in [6.07, 6.45) is 4.82. The summed E-state index contributed by atoms with van der Waals surface area (Å²) in [4.78, 5) is 6.92. The van der Waals surface area contributed by atoms with Gasteiger partial charge in [-0.1, -0.05) is 19.9 Å². The molecule has 18 heavy (non-hydrogen) atoms. The normalized spacial score (nSPS) is 15.6.